The summed E-state index contributed by atoms with van der Waals surface area (Å²) < 4.78 is 5.83. The first-order valence-corrected chi connectivity index (χ1v) is 13.1. The van der Waals surface area contributed by atoms with E-state index in [0.29, 0.717) is 33.9 Å². The average Bonchev–Trinajstić information content (AvgIpc) is 2.85. The number of carbonyl (C=O) groups excluding carboxylic acids is 1. The van der Waals surface area contributed by atoms with Gasteiger partial charge in [0.2, 0.25) is 11.8 Å². The van der Waals surface area contributed by atoms with Gasteiger partial charge in [0.25, 0.3) is 0 Å². The third-order valence-electron chi connectivity index (χ3n) is 6.06. The molecule has 0 spiro atoms. The fraction of sp³-hybridized carbons (Fsp3) is 0.500. The Bertz CT molecular complexity index is 1090. The number of aromatic nitrogens is 1. The van der Waals surface area contributed by atoms with Gasteiger partial charge in [0, 0.05) is 49.8 Å². The Hall–Kier alpha value is -2.75. The highest BCUT2D eigenvalue weighted by atomic mass is 35.5. The molecule has 1 fully saturated rings. The Balaban J connectivity index is 1.45. The van der Waals surface area contributed by atoms with Crippen molar-refractivity contribution in [2.45, 2.75) is 40.2 Å². The fourth-order valence-electron chi connectivity index (χ4n) is 3.83. The molecule has 1 aliphatic rings. The van der Waals surface area contributed by atoms with Crippen LogP contribution in [-0.4, -0.2) is 66.3 Å². The summed E-state index contributed by atoms with van der Waals surface area (Å²) in [6.45, 7) is 10.6. The van der Waals surface area contributed by atoms with Crippen LogP contribution in [0.1, 0.15) is 39.2 Å². The number of hydrogen-bond acceptors (Lipinski definition) is 6. The van der Waals surface area contributed by atoms with Crippen LogP contribution in [0.15, 0.2) is 30.3 Å². The van der Waals surface area contributed by atoms with Crippen molar-refractivity contribution in [2.24, 2.45) is 5.41 Å². The second kappa shape index (κ2) is 13.2. The first-order valence-electron chi connectivity index (χ1n) is 12.4. The number of pyridine rings is 1. The van der Waals surface area contributed by atoms with Crippen LogP contribution in [0.3, 0.4) is 0 Å². The molecule has 2 heterocycles. The third-order valence-corrected chi connectivity index (χ3v) is 6.87. The fourth-order valence-corrected chi connectivity index (χ4v) is 4.25. The van der Waals surface area contributed by atoms with Crippen molar-refractivity contribution in [1.82, 2.24) is 15.2 Å². The van der Waals surface area contributed by atoms with E-state index in [1.54, 1.807) is 39.0 Å². The Morgan fingerprint density at radius 3 is 2.49 bits per heavy atom. The van der Waals surface area contributed by atoms with Gasteiger partial charge in [-0.05, 0) is 37.6 Å². The monoisotopic (exact) mass is 551 g/mol. The van der Waals surface area contributed by atoms with Crippen LogP contribution in [0, 0.1) is 5.41 Å². The van der Waals surface area contributed by atoms with Gasteiger partial charge in [-0.2, -0.15) is 4.98 Å². The number of carboxylic acid groups (broad SMARTS) is 1. The molecule has 2 amide bonds. The molecule has 1 saturated heterocycles. The molecule has 9 nitrogen and oxygen atoms in total. The van der Waals surface area contributed by atoms with E-state index in [4.69, 9.17) is 33.0 Å². The van der Waals surface area contributed by atoms with Crippen molar-refractivity contribution in [1.29, 1.82) is 0 Å². The molecule has 1 aromatic heterocycles. The molecule has 1 aromatic carbocycles. The number of benzene rings is 1. The summed E-state index contributed by atoms with van der Waals surface area (Å²) in [6.07, 6.45) is 0.684. The van der Waals surface area contributed by atoms with Crippen molar-refractivity contribution in [3.05, 3.63) is 45.9 Å². The number of unbranched alkanes of at least 4 members (excludes halogenated alkanes) is 1. The summed E-state index contributed by atoms with van der Waals surface area (Å²) >= 11 is 12.5. The number of hydrogen-bond donors (Lipinski definition) is 3. The number of amides is 2. The van der Waals surface area contributed by atoms with Gasteiger partial charge in [0.05, 0.1) is 22.3 Å². The summed E-state index contributed by atoms with van der Waals surface area (Å²) in [5, 5.41) is 15.2. The number of rotatable bonds is 10. The molecular formula is C26H35Cl2N5O4. The number of piperazine rings is 1. The Kier molecular flexibility index (Phi) is 10.3. The molecule has 11 heteroatoms. The maximum Gasteiger partial charge on any atom is 0.404 e. The second-order valence-corrected chi connectivity index (χ2v) is 10.8. The lowest BCUT2D eigenvalue weighted by molar-refractivity contribution is -0.123. The smallest absolute Gasteiger partial charge is 0.404 e. The number of nitrogens with zero attached hydrogens (tertiary/aromatic N) is 3. The lowest BCUT2D eigenvalue weighted by Gasteiger charge is -2.36. The predicted molar refractivity (Wildman–Crippen MR) is 147 cm³/mol. The SMILES string of the molecule is CC(C)(C)C(=O)Nc1nc(OCCCCN2CCN(c3cccc(Cl)c3Cl)CC2)ccc1CNC(=O)O. The van der Waals surface area contributed by atoms with E-state index in [0.717, 1.165) is 51.3 Å². The van der Waals surface area contributed by atoms with Crippen LogP contribution in [0.2, 0.25) is 10.0 Å². The molecule has 1 aliphatic heterocycles. The highest BCUT2D eigenvalue weighted by molar-refractivity contribution is 6.43. The minimum Gasteiger partial charge on any atom is -0.478 e. The standard InChI is InChI=1S/C26H35Cl2N5O4/c1-26(2,3)24(34)31-23-18(17-29-25(35)36)9-10-21(30-23)37-16-5-4-11-32-12-14-33(15-13-32)20-8-6-7-19(27)22(20)28/h6-10,29H,4-5,11-17H2,1-3H3,(H,35,36)(H,30,31,34). The van der Waals surface area contributed by atoms with Crippen LogP contribution in [0.5, 0.6) is 5.88 Å². The number of ether oxygens (including phenoxy) is 1. The summed E-state index contributed by atoms with van der Waals surface area (Å²) in [5.41, 5.74) is 0.921. The number of anilines is 2. The molecule has 0 saturated carbocycles. The van der Waals surface area contributed by atoms with Crippen molar-refractivity contribution < 1.29 is 19.4 Å². The summed E-state index contributed by atoms with van der Waals surface area (Å²) in [7, 11) is 0. The van der Waals surface area contributed by atoms with Crippen molar-refractivity contribution in [2.75, 3.05) is 49.5 Å². The highest BCUT2D eigenvalue weighted by Gasteiger charge is 2.23. The van der Waals surface area contributed by atoms with Gasteiger partial charge in [-0.25, -0.2) is 4.79 Å². The molecule has 202 valence electrons. The minimum absolute atomic E-state index is 0.0269. The number of nitrogens with one attached hydrogen (secondary N) is 2. The quantitative estimate of drug-likeness (QED) is 0.351. The molecule has 3 rings (SSSR count). The molecule has 37 heavy (non-hydrogen) atoms. The van der Waals surface area contributed by atoms with Crippen molar-refractivity contribution >= 4 is 46.7 Å². The number of carbonyl (C=O) groups is 2. The van der Waals surface area contributed by atoms with Crippen LogP contribution in [-0.2, 0) is 11.3 Å². The first-order chi connectivity index (χ1) is 17.5. The maximum absolute atomic E-state index is 12.5. The summed E-state index contributed by atoms with van der Waals surface area (Å²) in [4.78, 5) is 32.5. The third kappa shape index (κ3) is 8.66. The summed E-state index contributed by atoms with van der Waals surface area (Å²) in [5.74, 6) is 0.464. The van der Waals surface area contributed by atoms with Crippen LogP contribution >= 0.6 is 23.2 Å². The largest absolute Gasteiger partial charge is 0.478 e. The van der Waals surface area contributed by atoms with Gasteiger partial charge in [0.15, 0.2) is 0 Å². The highest BCUT2D eigenvalue weighted by Crippen LogP contribution is 2.33. The molecule has 0 bridgehead atoms. The van der Waals surface area contributed by atoms with Crippen molar-refractivity contribution in [3.63, 3.8) is 0 Å². The van der Waals surface area contributed by atoms with E-state index in [9.17, 15) is 9.59 Å². The molecule has 0 aliphatic carbocycles. The molecular weight excluding hydrogens is 517 g/mol. The van der Waals surface area contributed by atoms with Gasteiger partial charge in [-0.15, -0.1) is 0 Å². The first kappa shape index (κ1) is 28.8. The normalized spacial score (nSPS) is 14.4. The van der Waals surface area contributed by atoms with Crippen LogP contribution in [0.25, 0.3) is 0 Å². The van der Waals surface area contributed by atoms with Crippen LogP contribution < -0.4 is 20.3 Å². The molecule has 0 radical (unpaired) electrons. The lowest BCUT2D eigenvalue weighted by atomic mass is 9.95. The Labute approximate surface area is 228 Å². The molecule has 0 atom stereocenters. The summed E-state index contributed by atoms with van der Waals surface area (Å²) in [6, 6.07) is 9.13. The molecule has 2 aromatic rings. The van der Waals surface area contributed by atoms with Crippen LogP contribution in [0.4, 0.5) is 16.3 Å². The zero-order chi connectivity index (χ0) is 27.0. The van der Waals surface area contributed by atoms with E-state index in [1.807, 2.05) is 12.1 Å². The van der Waals surface area contributed by atoms with E-state index in [2.05, 4.69) is 25.4 Å². The predicted octanol–water partition coefficient (Wildman–Crippen LogP) is 5.12. The zero-order valence-corrected chi connectivity index (χ0v) is 23.0. The van der Waals surface area contributed by atoms with E-state index < -0.39 is 11.5 Å². The molecule has 3 N–H and O–H groups in total. The Morgan fingerprint density at radius 1 is 1.08 bits per heavy atom. The van der Waals surface area contributed by atoms with Crippen molar-refractivity contribution in [3.8, 4) is 5.88 Å². The minimum atomic E-state index is -1.15. The van der Waals surface area contributed by atoms with Gasteiger partial charge in [-0.3, -0.25) is 9.69 Å². The van der Waals surface area contributed by atoms with Gasteiger partial charge in [-0.1, -0.05) is 50.0 Å². The average molecular weight is 553 g/mol. The van der Waals surface area contributed by atoms with E-state index in [-0.39, 0.29) is 12.5 Å². The van der Waals surface area contributed by atoms with Gasteiger partial charge >= 0.3 is 6.09 Å². The topological polar surface area (TPSA) is 107 Å². The maximum atomic E-state index is 12.5. The Morgan fingerprint density at radius 2 is 1.81 bits per heavy atom. The molecule has 0 unspecified atom stereocenters. The van der Waals surface area contributed by atoms with E-state index in [1.165, 1.54) is 0 Å². The van der Waals surface area contributed by atoms with E-state index >= 15 is 0 Å². The second-order valence-electron chi connectivity index (χ2n) is 9.98. The van der Waals surface area contributed by atoms with Gasteiger partial charge in [0.1, 0.15) is 5.82 Å². The lowest BCUT2D eigenvalue weighted by Crippen LogP contribution is -2.46. The van der Waals surface area contributed by atoms with Gasteiger partial charge < -0.3 is 25.4 Å². The number of halogens is 2. The zero-order valence-electron chi connectivity index (χ0n) is 21.5.